The third-order valence-corrected chi connectivity index (χ3v) is 2.79. The lowest BCUT2D eigenvalue weighted by Gasteiger charge is -2.12. The number of alkyl halides is 3. The van der Waals surface area contributed by atoms with Crippen LogP contribution in [-0.4, -0.2) is 12.5 Å². The van der Waals surface area contributed by atoms with Gasteiger partial charge in [-0.15, -0.1) is 0 Å². The third-order valence-electron chi connectivity index (χ3n) is 2.79. The Morgan fingerprint density at radius 1 is 1.36 bits per heavy atom. The van der Waals surface area contributed by atoms with Gasteiger partial charge in [-0.1, -0.05) is 25.5 Å². The molecule has 0 aliphatic carbocycles. The summed E-state index contributed by atoms with van der Waals surface area (Å²) in [7, 11) is 0. The highest BCUT2D eigenvalue weighted by atomic mass is 19.4. The number of halogens is 3. The molecule has 0 atom stereocenters. The van der Waals surface area contributed by atoms with Gasteiger partial charge in [0.15, 0.2) is 0 Å². The quantitative estimate of drug-likeness (QED) is 0.480. The van der Waals surface area contributed by atoms with Crippen LogP contribution < -0.4 is 10.6 Å². The molecule has 0 unspecified atom stereocenters. The predicted molar refractivity (Wildman–Crippen MR) is 76.7 cm³/mol. The third kappa shape index (κ3) is 5.13. The molecule has 0 aliphatic heterocycles. The first-order valence-corrected chi connectivity index (χ1v) is 6.71. The van der Waals surface area contributed by atoms with Crippen molar-refractivity contribution in [2.75, 3.05) is 11.9 Å². The number of carbonyl (C=O) groups excluding carboxylic acids is 1. The molecule has 118 valence electrons. The van der Waals surface area contributed by atoms with Gasteiger partial charge in [-0.05, 0) is 18.6 Å². The Morgan fingerprint density at radius 2 is 2.05 bits per heavy atom. The van der Waals surface area contributed by atoms with Crippen molar-refractivity contribution in [1.29, 1.82) is 5.26 Å². The summed E-state index contributed by atoms with van der Waals surface area (Å²) < 4.78 is 38.4. The van der Waals surface area contributed by atoms with Crippen molar-refractivity contribution in [1.82, 2.24) is 5.32 Å². The van der Waals surface area contributed by atoms with E-state index in [0.717, 1.165) is 25.1 Å². The number of hydrogen-bond donors (Lipinski definition) is 2. The molecule has 7 heteroatoms. The molecule has 0 bridgehead atoms. The van der Waals surface area contributed by atoms with Gasteiger partial charge in [0.1, 0.15) is 11.6 Å². The summed E-state index contributed by atoms with van der Waals surface area (Å²) in [6.07, 6.45) is -1.91. The molecule has 0 radical (unpaired) electrons. The Morgan fingerprint density at radius 3 is 2.64 bits per heavy atom. The van der Waals surface area contributed by atoms with Crippen molar-refractivity contribution in [3.8, 4) is 6.07 Å². The van der Waals surface area contributed by atoms with Crippen LogP contribution in [0.5, 0.6) is 0 Å². The lowest BCUT2D eigenvalue weighted by Crippen LogP contribution is -2.26. The van der Waals surface area contributed by atoms with Gasteiger partial charge in [-0.3, -0.25) is 4.79 Å². The number of para-hydroxylation sites is 1. The topological polar surface area (TPSA) is 64.9 Å². The Labute approximate surface area is 126 Å². The van der Waals surface area contributed by atoms with Gasteiger partial charge in [0.05, 0.1) is 11.3 Å². The lowest BCUT2D eigenvalue weighted by atomic mass is 10.1. The molecule has 1 aromatic rings. The first kappa shape index (κ1) is 17.6. The molecule has 0 fully saturated rings. The maximum absolute atomic E-state index is 12.8. The number of carbonyl (C=O) groups is 1. The number of rotatable bonds is 6. The van der Waals surface area contributed by atoms with E-state index in [0.29, 0.717) is 6.54 Å². The largest absolute Gasteiger partial charge is 0.418 e. The summed E-state index contributed by atoms with van der Waals surface area (Å²) in [5, 5.41) is 13.8. The average molecular weight is 311 g/mol. The second-order valence-electron chi connectivity index (χ2n) is 4.47. The van der Waals surface area contributed by atoms with Gasteiger partial charge in [0.2, 0.25) is 0 Å². The molecular weight excluding hydrogens is 295 g/mol. The van der Waals surface area contributed by atoms with Gasteiger partial charge in [-0.2, -0.15) is 18.4 Å². The van der Waals surface area contributed by atoms with Crippen molar-refractivity contribution < 1.29 is 18.0 Å². The smallest absolute Gasteiger partial charge is 0.360 e. The summed E-state index contributed by atoms with van der Waals surface area (Å²) in [5.41, 5.74) is -1.37. The minimum Gasteiger partial charge on any atom is -0.360 e. The van der Waals surface area contributed by atoms with Crippen molar-refractivity contribution in [2.24, 2.45) is 0 Å². The van der Waals surface area contributed by atoms with Gasteiger partial charge < -0.3 is 10.6 Å². The summed E-state index contributed by atoms with van der Waals surface area (Å²) in [6, 6.07) is 6.50. The van der Waals surface area contributed by atoms with E-state index in [1.54, 1.807) is 6.07 Å². The highest BCUT2D eigenvalue weighted by Gasteiger charge is 2.33. The van der Waals surface area contributed by atoms with Crippen molar-refractivity contribution in [3.05, 3.63) is 41.6 Å². The summed E-state index contributed by atoms with van der Waals surface area (Å²) in [4.78, 5) is 11.7. The standard InChI is InChI=1S/C15H16F3N3O/c1-2-3-8-20-14(22)11(9-19)10-21-13-7-5-4-6-12(13)15(16,17)18/h4-7,10,21H,2-3,8H2,1H3,(H,20,22)/b11-10-. The van der Waals surface area contributed by atoms with Crippen LogP contribution >= 0.6 is 0 Å². The van der Waals surface area contributed by atoms with E-state index >= 15 is 0 Å². The van der Waals surface area contributed by atoms with Crippen LogP contribution in [0.4, 0.5) is 18.9 Å². The molecular formula is C15H16F3N3O. The molecule has 22 heavy (non-hydrogen) atoms. The number of unbranched alkanes of at least 4 members (excludes halogenated alkanes) is 1. The number of anilines is 1. The maximum atomic E-state index is 12.8. The van der Waals surface area contributed by atoms with Crippen LogP contribution in [0.15, 0.2) is 36.0 Å². The SMILES string of the molecule is CCCCNC(=O)/C(C#N)=C\Nc1ccccc1C(F)(F)F. The van der Waals surface area contributed by atoms with Gasteiger partial charge in [-0.25, -0.2) is 0 Å². The Hall–Kier alpha value is -2.49. The van der Waals surface area contributed by atoms with Crippen LogP contribution in [0, 0.1) is 11.3 Å². The zero-order chi connectivity index (χ0) is 16.6. The highest BCUT2D eigenvalue weighted by Crippen LogP contribution is 2.34. The van der Waals surface area contributed by atoms with E-state index < -0.39 is 17.6 Å². The molecule has 0 aromatic heterocycles. The number of nitrogens with one attached hydrogen (secondary N) is 2. The van der Waals surface area contributed by atoms with E-state index in [-0.39, 0.29) is 11.3 Å². The predicted octanol–water partition coefficient (Wildman–Crippen LogP) is 3.44. The van der Waals surface area contributed by atoms with Crippen LogP contribution in [0.1, 0.15) is 25.3 Å². The van der Waals surface area contributed by atoms with Gasteiger partial charge in [0.25, 0.3) is 5.91 Å². The number of amides is 1. The number of benzene rings is 1. The minimum absolute atomic E-state index is 0.218. The summed E-state index contributed by atoms with van der Waals surface area (Å²) >= 11 is 0. The number of nitrogens with zero attached hydrogens (tertiary/aromatic N) is 1. The van der Waals surface area contributed by atoms with Crippen molar-refractivity contribution in [3.63, 3.8) is 0 Å². The molecule has 0 aliphatic rings. The molecule has 1 aromatic carbocycles. The van der Waals surface area contributed by atoms with E-state index in [1.807, 2.05) is 6.92 Å². The van der Waals surface area contributed by atoms with Gasteiger partial charge >= 0.3 is 6.18 Å². The van der Waals surface area contributed by atoms with Crippen LogP contribution in [0.25, 0.3) is 0 Å². The van der Waals surface area contributed by atoms with E-state index in [2.05, 4.69) is 10.6 Å². The van der Waals surface area contributed by atoms with E-state index in [1.165, 1.54) is 18.2 Å². The normalized spacial score (nSPS) is 11.7. The van der Waals surface area contributed by atoms with E-state index in [4.69, 9.17) is 5.26 Å². The zero-order valence-corrected chi connectivity index (χ0v) is 12.0. The molecule has 1 rings (SSSR count). The minimum atomic E-state index is -4.52. The van der Waals surface area contributed by atoms with Gasteiger partial charge in [0, 0.05) is 12.7 Å². The molecule has 2 N–H and O–H groups in total. The fourth-order valence-corrected chi connectivity index (χ4v) is 1.63. The first-order valence-electron chi connectivity index (χ1n) is 6.71. The molecule has 0 heterocycles. The second-order valence-corrected chi connectivity index (χ2v) is 4.47. The Kier molecular flexibility index (Phi) is 6.45. The molecule has 0 saturated carbocycles. The lowest BCUT2D eigenvalue weighted by molar-refractivity contribution is -0.136. The van der Waals surface area contributed by atoms with Crippen LogP contribution in [0.2, 0.25) is 0 Å². The fraction of sp³-hybridized carbons (Fsp3) is 0.333. The van der Waals surface area contributed by atoms with Crippen LogP contribution in [0.3, 0.4) is 0 Å². The highest BCUT2D eigenvalue weighted by molar-refractivity contribution is 5.97. The number of nitriles is 1. The first-order chi connectivity index (χ1) is 10.4. The Balaban J connectivity index is 2.86. The monoisotopic (exact) mass is 311 g/mol. The molecule has 1 amide bonds. The van der Waals surface area contributed by atoms with Crippen molar-refractivity contribution in [2.45, 2.75) is 25.9 Å². The second kappa shape index (κ2) is 8.08. The maximum Gasteiger partial charge on any atom is 0.418 e. The van der Waals surface area contributed by atoms with Crippen molar-refractivity contribution >= 4 is 11.6 Å². The van der Waals surface area contributed by atoms with Crippen LogP contribution in [-0.2, 0) is 11.0 Å². The fourth-order valence-electron chi connectivity index (χ4n) is 1.63. The van der Waals surface area contributed by atoms with E-state index in [9.17, 15) is 18.0 Å². The molecule has 4 nitrogen and oxygen atoms in total. The summed E-state index contributed by atoms with van der Waals surface area (Å²) in [5.74, 6) is -0.618. The molecule has 0 saturated heterocycles. The Bertz CT molecular complexity index is 588. The summed E-state index contributed by atoms with van der Waals surface area (Å²) in [6.45, 7) is 2.36. The zero-order valence-electron chi connectivity index (χ0n) is 12.0. The number of hydrogen-bond acceptors (Lipinski definition) is 3. The average Bonchev–Trinajstić information content (AvgIpc) is 2.47. The molecule has 0 spiro atoms.